The predicted molar refractivity (Wildman–Crippen MR) is 118 cm³/mol. The second-order valence-corrected chi connectivity index (χ2v) is 8.16. The first kappa shape index (κ1) is 22.6. The second kappa shape index (κ2) is 9.24. The van der Waals surface area contributed by atoms with Crippen LogP contribution >= 0.6 is 0 Å². The molecule has 2 aliphatic rings. The van der Waals surface area contributed by atoms with Gasteiger partial charge >= 0.3 is 0 Å². The first-order valence-corrected chi connectivity index (χ1v) is 10.8. The minimum absolute atomic E-state index is 0.198. The van der Waals surface area contributed by atoms with E-state index in [0.717, 1.165) is 22.0 Å². The lowest BCUT2D eigenvalue weighted by atomic mass is 9.99. The van der Waals surface area contributed by atoms with Gasteiger partial charge in [0.15, 0.2) is 23.0 Å². The molecule has 0 bridgehead atoms. The van der Waals surface area contributed by atoms with Crippen LogP contribution in [0.3, 0.4) is 0 Å². The molecule has 0 radical (unpaired) electrons. The monoisotopic (exact) mass is 471 g/mol. The number of nitrogens with zero attached hydrogens (tertiary/aromatic N) is 1. The zero-order chi connectivity index (χ0) is 23.8. The number of aromatic nitrogens is 1. The maximum atomic E-state index is 10.4. The quantitative estimate of drug-likeness (QED) is 0.407. The molecule has 5 unspecified atom stereocenters. The van der Waals surface area contributed by atoms with Crippen LogP contribution in [-0.4, -0.2) is 76.6 Å². The Hall–Kier alpha value is -3.15. The standard InChI is InChI=1S/C24H25NO9/c1-30-17-8-13-4-5-25-15(6-12-2-3-16-18(7-12)32-11-31-16)14(13)9-19(17)33-24-23(29)22(28)21(27)20(10-26)34-24/h2-5,7-9,20-24,26-29H,6,10-11H2,1H3. The topological polar surface area (TPSA) is 140 Å². The van der Waals surface area contributed by atoms with Crippen molar-refractivity contribution >= 4 is 10.8 Å². The molecule has 5 atom stereocenters. The molecule has 180 valence electrons. The molecule has 1 fully saturated rings. The van der Waals surface area contributed by atoms with Crippen molar-refractivity contribution in [3.63, 3.8) is 0 Å². The molecule has 0 spiro atoms. The van der Waals surface area contributed by atoms with E-state index >= 15 is 0 Å². The summed E-state index contributed by atoms with van der Waals surface area (Å²) in [5.41, 5.74) is 1.76. The van der Waals surface area contributed by atoms with Crippen LogP contribution in [0.2, 0.25) is 0 Å². The van der Waals surface area contributed by atoms with E-state index < -0.39 is 37.3 Å². The highest BCUT2D eigenvalue weighted by molar-refractivity contribution is 5.88. The van der Waals surface area contributed by atoms with Gasteiger partial charge < -0.3 is 44.1 Å². The number of hydrogen-bond donors (Lipinski definition) is 4. The average Bonchev–Trinajstić information content (AvgIpc) is 3.32. The number of pyridine rings is 1. The van der Waals surface area contributed by atoms with Crippen molar-refractivity contribution in [3.05, 3.63) is 53.9 Å². The molecule has 3 aromatic rings. The fourth-order valence-corrected chi connectivity index (χ4v) is 4.17. The third-order valence-electron chi connectivity index (χ3n) is 6.03. The van der Waals surface area contributed by atoms with Gasteiger partial charge in [0, 0.05) is 18.0 Å². The van der Waals surface area contributed by atoms with Crippen LogP contribution in [0.25, 0.3) is 10.8 Å². The van der Waals surface area contributed by atoms with Crippen molar-refractivity contribution in [1.29, 1.82) is 0 Å². The van der Waals surface area contributed by atoms with Crippen LogP contribution in [0.5, 0.6) is 23.0 Å². The third-order valence-corrected chi connectivity index (χ3v) is 6.03. The largest absolute Gasteiger partial charge is 0.493 e. The minimum atomic E-state index is -1.55. The van der Waals surface area contributed by atoms with Gasteiger partial charge in [-0.3, -0.25) is 4.98 Å². The number of methoxy groups -OCH3 is 1. The Bertz CT molecular complexity index is 1180. The van der Waals surface area contributed by atoms with E-state index in [1.807, 2.05) is 24.3 Å². The predicted octanol–water partition coefficient (Wildman–Crippen LogP) is 0.742. The van der Waals surface area contributed by atoms with Crippen LogP contribution in [-0.2, 0) is 11.2 Å². The van der Waals surface area contributed by atoms with Crippen molar-refractivity contribution in [2.45, 2.75) is 37.1 Å². The van der Waals surface area contributed by atoms with Gasteiger partial charge in [0.1, 0.15) is 24.4 Å². The second-order valence-electron chi connectivity index (χ2n) is 8.16. The summed E-state index contributed by atoms with van der Waals surface area (Å²) in [6.07, 6.45) is -4.77. The Kier molecular flexibility index (Phi) is 6.15. The first-order valence-electron chi connectivity index (χ1n) is 10.8. The molecule has 10 nitrogen and oxygen atoms in total. The maximum absolute atomic E-state index is 10.4. The van der Waals surface area contributed by atoms with E-state index in [1.165, 1.54) is 7.11 Å². The van der Waals surface area contributed by atoms with E-state index in [4.69, 9.17) is 23.7 Å². The molecule has 1 saturated heterocycles. The van der Waals surface area contributed by atoms with E-state index in [2.05, 4.69) is 4.98 Å². The third kappa shape index (κ3) is 4.10. The van der Waals surface area contributed by atoms with Gasteiger partial charge in [0.25, 0.3) is 0 Å². The van der Waals surface area contributed by atoms with Gasteiger partial charge in [-0.15, -0.1) is 0 Å². The van der Waals surface area contributed by atoms with Crippen LogP contribution in [0, 0.1) is 0 Å². The van der Waals surface area contributed by atoms with Crippen molar-refractivity contribution in [2.75, 3.05) is 20.5 Å². The lowest BCUT2D eigenvalue weighted by Crippen LogP contribution is -2.60. The van der Waals surface area contributed by atoms with Gasteiger partial charge in [-0.2, -0.15) is 0 Å². The van der Waals surface area contributed by atoms with E-state index in [-0.39, 0.29) is 12.5 Å². The molecule has 2 aromatic carbocycles. The maximum Gasteiger partial charge on any atom is 0.231 e. The molecule has 34 heavy (non-hydrogen) atoms. The molecule has 0 amide bonds. The van der Waals surface area contributed by atoms with Gasteiger partial charge in [0.2, 0.25) is 13.1 Å². The SMILES string of the molecule is COc1cc2ccnc(Cc3ccc4c(c3)OCO4)c2cc1OC1OC(CO)C(O)C(O)C1O. The lowest BCUT2D eigenvalue weighted by Gasteiger charge is -2.39. The summed E-state index contributed by atoms with van der Waals surface area (Å²) in [5, 5.41) is 41.6. The van der Waals surface area contributed by atoms with Gasteiger partial charge in [-0.05, 0) is 41.3 Å². The zero-order valence-electron chi connectivity index (χ0n) is 18.3. The summed E-state index contributed by atoms with van der Waals surface area (Å²) in [4.78, 5) is 4.55. The normalized spacial score (nSPS) is 26.0. The zero-order valence-corrected chi connectivity index (χ0v) is 18.3. The number of rotatable bonds is 6. The fraction of sp³-hybridized carbons (Fsp3) is 0.375. The number of fused-ring (bicyclic) bond motifs is 2. The summed E-state index contributed by atoms with van der Waals surface area (Å²) in [7, 11) is 1.48. The van der Waals surface area contributed by atoms with Crippen molar-refractivity contribution in [2.24, 2.45) is 0 Å². The molecule has 0 saturated carbocycles. The highest BCUT2D eigenvalue weighted by atomic mass is 16.7. The number of aliphatic hydroxyl groups excluding tert-OH is 4. The van der Waals surface area contributed by atoms with Crippen LogP contribution in [0.15, 0.2) is 42.6 Å². The molecule has 0 aliphatic carbocycles. The number of aliphatic hydroxyl groups is 4. The van der Waals surface area contributed by atoms with Crippen LogP contribution < -0.4 is 18.9 Å². The number of hydrogen-bond acceptors (Lipinski definition) is 10. The molecular weight excluding hydrogens is 446 g/mol. The smallest absolute Gasteiger partial charge is 0.231 e. The van der Waals surface area contributed by atoms with Gasteiger partial charge in [0.05, 0.1) is 19.4 Å². The molecule has 10 heteroatoms. The summed E-state index contributed by atoms with van der Waals surface area (Å²) < 4.78 is 27.7. The summed E-state index contributed by atoms with van der Waals surface area (Å²) in [6, 6.07) is 11.1. The van der Waals surface area contributed by atoms with Crippen molar-refractivity contribution < 1.29 is 44.1 Å². The molecule has 4 N–H and O–H groups in total. The Morgan fingerprint density at radius 3 is 2.59 bits per heavy atom. The summed E-state index contributed by atoms with van der Waals surface area (Å²) in [5.74, 6) is 2.02. The Morgan fingerprint density at radius 2 is 1.79 bits per heavy atom. The van der Waals surface area contributed by atoms with E-state index in [1.54, 1.807) is 18.3 Å². The molecule has 5 rings (SSSR count). The van der Waals surface area contributed by atoms with Gasteiger partial charge in [-0.25, -0.2) is 0 Å². The highest BCUT2D eigenvalue weighted by Crippen LogP contribution is 2.37. The van der Waals surface area contributed by atoms with Crippen LogP contribution in [0.1, 0.15) is 11.3 Å². The Labute approximate surface area is 194 Å². The Morgan fingerprint density at radius 1 is 0.971 bits per heavy atom. The lowest BCUT2D eigenvalue weighted by molar-refractivity contribution is -0.277. The number of benzene rings is 2. The molecule has 3 heterocycles. The molecular formula is C24H25NO9. The molecule has 2 aliphatic heterocycles. The first-order chi connectivity index (χ1) is 16.5. The van der Waals surface area contributed by atoms with Crippen molar-refractivity contribution in [1.82, 2.24) is 4.98 Å². The average molecular weight is 471 g/mol. The number of ether oxygens (including phenoxy) is 5. The van der Waals surface area contributed by atoms with E-state index in [9.17, 15) is 20.4 Å². The van der Waals surface area contributed by atoms with Crippen LogP contribution in [0.4, 0.5) is 0 Å². The minimum Gasteiger partial charge on any atom is -0.493 e. The van der Waals surface area contributed by atoms with E-state index in [0.29, 0.717) is 23.7 Å². The Balaban J connectivity index is 1.47. The highest BCUT2D eigenvalue weighted by Gasteiger charge is 2.45. The van der Waals surface area contributed by atoms with Crippen molar-refractivity contribution in [3.8, 4) is 23.0 Å². The summed E-state index contributed by atoms with van der Waals surface area (Å²) in [6.45, 7) is -0.354. The fourth-order valence-electron chi connectivity index (χ4n) is 4.17. The van der Waals surface area contributed by atoms with Gasteiger partial charge in [-0.1, -0.05) is 6.07 Å². The molecule has 1 aromatic heterocycles. The summed E-state index contributed by atoms with van der Waals surface area (Å²) >= 11 is 0.